The normalized spacial score (nSPS) is 9.36. The fraction of sp³-hybridized carbons (Fsp3) is 0.273. The largest absolute Gasteiger partial charge is 0.364 e. The molecule has 1 rings (SSSR count). The van der Waals surface area contributed by atoms with Gasteiger partial charge in [0.05, 0.1) is 6.61 Å². The van der Waals surface area contributed by atoms with Gasteiger partial charge in [0.25, 0.3) is 0 Å². The minimum Gasteiger partial charge on any atom is -0.364 e. The molecule has 74 valence electrons. The van der Waals surface area contributed by atoms with Gasteiger partial charge in [-0.3, -0.25) is 0 Å². The van der Waals surface area contributed by atoms with Gasteiger partial charge < -0.3 is 4.74 Å². The molecule has 0 aliphatic heterocycles. The van der Waals surface area contributed by atoms with Gasteiger partial charge in [0.2, 0.25) is 0 Å². The van der Waals surface area contributed by atoms with E-state index < -0.39 is 0 Å². The maximum absolute atomic E-state index is 5.94. The summed E-state index contributed by atoms with van der Waals surface area (Å²) in [4.78, 5) is 0. The lowest BCUT2D eigenvalue weighted by Crippen LogP contribution is -1.94. The van der Waals surface area contributed by atoms with Crippen molar-refractivity contribution in [2.24, 2.45) is 0 Å². The van der Waals surface area contributed by atoms with Gasteiger partial charge in [0.15, 0.2) is 0 Å². The van der Waals surface area contributed by atoms with Crippen molar-refractivity contribution >= 4 is 23.2 Å². The first kappa shape index (κ1) is 11.4. The van der Waals surface area contributed by atoms with Gasteiger partial charge in [-0.05, 0) is 19.1 Å². The van der Waals surface area contributed by atoms with Crippen LogP contribution in [0.15, 0.2) is 18.2 Å². The second-order valence-corrected chi connectivity index (χ2v) is 3.43. The number of hydrogen-bond acceptors (Lipinski definition) is 1. The summed E-state index contributed by atoms with van der Waals surface area (Å²) in [6.07, 6.45) is 0. The topological polar surface area (TPSA) is 9.23 Å². The third-order valence-electron chi connectivity index (χ3n) is 1.66. The first-order valence-electron chi connectivity index (χ1n) is 4.16. The molecule has 0 bridgehead atoms. The zero-order valence-electron chi connectivity index (χ0n) is 7.81. The second-order valence-electron chi connectivity index (χ2n) is 2.62. The van der Waals surface area contributed by atoms with Crippen LogP contribution in [0.5, 0.6) is 0 Å². The molecule has 0 unspecified atom stereocenters. The van der Waals surface area contributed by atoms with Crippen molar-refractivity contribution < 1.29 is 4.74 Å². The summed E-state index contributed by atoms with van der Waals surface area (Å²) >= 11 is 11.9. The fourth-order valence-electron chi connectivity index (χ4n) is 0.947. The monoisotopic (exact) mass is 228 g/mol. The molecule has 0 heterocycles. The second kappa shape index (κ2) is 5.93. The molecule has 0 fully saturated rings. The van der Waals surface area contributed by atoms with Crippen LogP contribution >= 0.6 is 23.2 Å². The van der Waals surface area contributed by atoms with E-state index >= 15 is 0 Å². The third-order valence-corrected chi connectivity index (χ3v) is 2.37. The Kier molecular flexibility index (Phi) is 4.82. The Labute approximate surface area is 94.0 Å². The molecule has 0 N–H and O–H groups in total. The van der Waals surface area contributed by atoms with E-state index in [1.54, 1.807) is 25.1 Å². The minimum absolute atomic E-state index is 0.396. The van der Waals surface area contributed by atoms with Crippen LogP contribution in [-0.4, -0.2) is 6.61 Å². The van der Waals surface area contributed by atoms with Crippen LogP contribution in [-0.2, 0) is 11.3 Å². The molecule has 0 radical (unpaired) electrons. The fourth-order valence-corrected chi connectivity index (χ4v) is 1.45. The van der Waals surface area contributed by atoms with Gasteiger partial charge in [0.1, 0.15) is 6.61 Å². The van der Waals surface area contributed by atoms with Crippen molar-refractivity contribution in [3.63, 3.8) is 0 Å². The maximum Gasteiger partial charge on any atom is 0.108 e. The van der Waals surface area contributed by atoms with Crippen LogP contribution in [0, 0.1) is 11.8 Å². The molecule has 0 saturated heterocycles. The SMILES string of the molecule is CC#CCOCc1c(Cl)cccc1Cl. The van der Waals surface area contributed by atoms with Crippen LogP contribution in [0.2, 0.25) is 10.0 Å². The highest BCUT2D eigenvalue weighted by Gasteiger charge is 2.04. The van der Waals surface area contributed by atoms with Crippen LogP contribution in [0.1, 0.15) is 12.5 Å². The smallest absolute Gasteiger partial charge is 0.108 e. The average molecular weight is 229 g/mol. The molecule has 1 aromatic carbocycles. The standard InChI is InChI=1S/C11H10Cl2O/c1-2-3-7-14-8-9-10(12)5-4-6-11(9)13/h4-6H,7-8H2,1H3. The average Bonchev–Trinajstić information content (AvgIpc) is 2.16. The zero-order chi connectivity index (χ0) is 10.4. The molecule has 0 aliphatic carbocycles. The highest BCUT2D eigenvalue weighted by atomic mass is 35.5. The molecular weight excluding hydrogens is 219 g/mol. The lowest BCUT2D eigenvalue weighted by atomic mass is 10.2. The van der Waals surface area contributed by atoms with E-state index in [0.29, 0.717) is 23.3 Å². The van der Waals surface area contributed by atoms with E-state index in [-0.39, 0.29) is 0 Å². The summed E-state index contributed by atoms with van der Waals surface area (Å²) in [5.41, 5.74) is 0.814. The van der Waals surface area contributed by atoms with E-state index in [9.17, 15) is 0 Å². The summed E-state index contributed by atoms with van der Waals surface area (Å²) in [5, 5.41) is 1.25. The first-order valence-corrected chi connectivity index (χ1v) is 4.91. The summed E-state index contributed by atoms with van der Waals surface area (Å²) < 4.78 is 5.28. The lowest BCUT2D eigenvalue weighted by molar-refractivity contribution is 0.153. The molecule has 1 nitrogen and oxygen atoms in total. The molecule has 1 aromatic rings. The Hall–Kier alpha value is -0.680. The van der Waals surface area contributed by atoms with Crippen molar-refractivity contribution in [2.75, 3.05) is 6.61 Å². The van der Waals surface area contributed by atoms with Crippen molar-refractivity contribution in [3.8, 4) is 11.8 Å². The van der Waals surface area contributed by atoms with Crippen LogP contribution in [0.3, 0.4) is 0 Å². The third kappa shape index (κ3) is 3.23. The van der Waals surface area contributed by atoms with Gasteiger partial charge in [-0.25, -0.2) is 0 Å². The first-order chi connectivity index (χ1) is 6.75. The molecule has 0 aromatic heterocycles. The van der Waals surface area contributed by atoms with Crippen LogP contribution in [0.25, 0.3) is 0 Å². The molecule has 0 aliphatic rings. The summed E-state index contributed by atoms with van der Waals surface area (Å²) in [5.74, 6) is 5.54. The van der Waals surface area contributed by atoms with Crippen molar-refractivity contribution in [3.05, 3.63) is 33.8 Å². The predicted octanol–water partition coefficient (Wildman–Crippen LogP) is 3.53. The summed E-state index contributed by atoms with van der Waals surface area (Å²) in [6.45, 7) is 2.57. The number of ether oxygens (including phenoxy) is 1. The van der Waals surface area contributed by atoms with Crippen LogP contribution < -0.4 is 0 Å². The molecule has 0 atom stereocenters. The van der Waals surface area contributed by atoms with Gasteiger partial charge in [-0.1, -0.05) is 35.2 Å². The lowest BCUT2D eigenvalue weighted by Gasteiger charge is -2.05. The van der Waals surface area contributed by atoms with Gasteiger partial charge in [-0.2, -0.15) is 0 Å². The van der Waals surface area contributed by atoms with E-state index in [4.69, 9.17) is 27.9 Å². The van der Waals surface area contributed by atoms with Crippen molar-refractivity contribution in [2.45, 2.75) is 13.5 Å². The minimum atomic E-state index is 0.396. The summed E-state index contributed by atoms with van der Waals surface area (Å²) in [7, 11) is 0. The summed E-state index contributed by atoms with van der Waals surface area (Å²) in [6, 6.07) is 5.38. The Morgan fingerprint density at radius 3 is 2.50 bits per heavy atom. The number of halogens is 2. The highest BCUT2D eigenvalue weighted by Crippen LogP contribution is 2.24. The molecular formula is C11H10Cl2O. The van der Waals surface area contributed by atoms with E-state index in [2.05, 4.69) is 11.8 Å². The molecule has 3 heteroatoms. The Morgan fingerprint density at radius 1 is 1.29 bits per heavy atom. The van der Waals surface area contributed by atoms with Crippen molar-refractivity contribution in [1.29, 1.82) is 0 Å². The number of hydrogen-bond donors (Lipinski definition) is 0. The molecule has 0 amide bonds. The van der Waals surface area contributed by atoms with E-state index in [0.717, 1.165) is 5.56 Å². The Balaban J connectivity index is 2.60. The molecule has 14 heavy (non-hydrogen) atoms. The zero-order valence-corrected chi connectivity index (χ0v) is 9.32. The molecule has 0 spiro atoms. The van der Waals surface area contributed by atoms with Gasteiger partial charge >= 0.3 is 0 Å². The van der Waals surface area contributed by atoms with Gasteiger partial charge in [-0.15, -0.1) is 5.92 Å². The Morgan fingerprint density at radius 2 is 1.93 bits per heavy atom. The van der Waals surface area contributed by atoms with E-state index in [1.165, 1.54) is 0 Å². The van der Waals surface area contributed by atoms with Gasteiger partial charge in [0, 0.05) is 15.6 Å². The maximum atomic E-state index is 5.94. The Bertz CT molecular complexity index is 343. The molecule has 0 saturated carbocycles. The number of benzene rings is 1. The van der Waals surface area contributed by atoms with E-state index in [1.807, 2.05) is 0 Å². The van der Waals surface area contributed by atoms with Crippen molar-refractivity contribution in [1.82, 2.24) is 0 Å². The quantitative estimate of drug-likeness (QED) is 0.569. The predicted molar refractivity (Wildman–Crippen MR) is 59.6 cm³/mol. The van der Waals surface area contributed by atoms with Crippen LogP contribution in [0.4, 0.5) is 0 Å². The highest BCUT2D eigenvalue weighted by molar-refractivity contribution is 6.35. The number of rotatable bonds is 3.